The van der Waals surface area contributed by atoms with E-state index in [1.54, 1.807) is 12.1 Å². The van der Waals surface area contributed by atoms with E-state index in [4.69, 9.17) is 0 Å². The minimum absolute atomic E-state index is 0.0252. The van der Waals surface area contributed by atoms with Gasteiger partial charge in [-0.1, -0.05) is 44.4 Å². The highest BCUT2D eigenvalue weighted by atomic mass is 16.6. The van der Waals surface area contributed by atoms with Crippen molar-refractivity contribution in [1.82, 2.24) is 5.32 Å². The lowest BCUT2D eigenvalue weighted by Gasteiger charge is -2.31. The molecule has 110 valence electrons. The van der Waals surface area contributed by atoms with E-state index in [1.165, 1.54) is 32.1 Å². The van der Waals surface area contributed by atoms with Crippen LogP contribution < -0.4 is 5.32 Å². The number of nitrogens with zero attached hydrogens (tertiary/aromatic N) is 1. The highest BCUT2D eigenvalue weighted by molar-refractivity contribution is 5.41. The number of benzene rings is 1. The van der Waals surface area contributed by atoms with Crippen LogP contribution in [-0.4, -0.2) is 11.0 Å². The van der Waals surface area contributed by atoms with Crippen molar-refractivity contribution in [3.05, 3.63) is 39.9 Å². The summed E-state index contributed by atoms with van der Waals surface area (Å²) in [5.41, 5.74) is 1.01. The number of nitrogens with one attached hydrogen (secondary N) is 1. The maximum atomic E-state index is 11.1. The number of rotatable bonds is 5. The molecule has 0 radical (unpaired) electrons. The summed E-state index contributed by atoms with van der Waals surface area (Å²) in [4.78, 5) is 10.8. The maximum Gasteiger partial charge on any atom is 0.274 e. The van der Waals surface area contributed by atoms with Crippen LogP contribution in [0.25, 0.3) is 0 Å². The maximum absolute atomic E-state index is 11.1. The summed E-state index contributed by atoms with van der Waals surface area (Å²) in [5.74, 6) is 0.805. The van der Waals surface area contributed by atoms with E-state index < -0.39 is 0 Å². The molecule has 1 aliphatic rings. The van der Waals surface area contributed by atoms with Crippen molar-refractivity contribution in [2.45, 2.75) is 58.0 Å². The van der Waals surface area contributed by atoms with Gasteiger partial charge in [-0.3, -0.25) is 10.1 Å². The number of para-hydroxylation sites is 1. The van der Waals surface area contributed by atoms with Crippen LogP contribution in [0.2, 0.25) is 0 Å². The molecule has 0 saturated heterocycles. The minimum atomic E-state index is -0.288. The second-order valence-electron chi connectivity index (χ2n) is 5.84. The third-order valence-electron chi connectivity index (χ3n) is 4.45. The predicted molar refractivity (Wildman–Crippen MR) is 80.7 cm³/mol. The number of nitro groups is 1. The summed E-state index contributed by atoms with van der Waals surface area (Å²) in [6.07, 6.45) is 6.20. The number of hydrogen-bond acceptors (Lipinski definition) is 3. The molecule has 4 nitrogen and oxygen atoms in total. The van der Waals surface area contributed by atoms with Gasteiger partial charge in [0, 0.05) is 23.7 Å². The van der Waals surface area contributed by atoms with Crippen molar-refractivity contribution >= 4 is 5.69 Å². The first-order valence-electron chi connectivity index (χ1n) is 7.61. The van der Waals surface area contributed by atoms with Gasteiger partial charge < -0.3 is 5.32 Å². The lowest BCUT2D eigenvalue weighted by atomic mass is 9.84. The molecule has 20 heavy (non-hydrogen) atoms. The number of nitro benzene ring substituents is 1. The molecule has 0 spiro atoms. The van der Waals surface area contributed by atoms with Gasteiger partial charge in [0.2, 0.25) is 0 Å². The van der Waals surface area contributed by atoms with E-state index in [2.05, 4.69) is 12.2 Å². The summed E-state index contributed by atoms with van der Waals surface area (Å²) in [7, 11) is 0. The Hall–Kier alpha value is -1.42. The molecule has 1 aromatic rings. The van der Waals surface area contributed by atoms with Gasteiger partial charge in [-0.2, -0.15) is 0 Å². The molecular formula is C16H24N2O2. The first-order valence-corrected chi connectivity index (χ1v) is 7.61. The van der Waals surface area contributed by atoms with Gasteiger partial charge in [0.15, 0.2) is 0 Å². The van der Waals surface area contributed by atoms with Gasteiger partial charge >= 0.3 is 0 Å². The van der Waals surface area contributed by atoms with Crippen molar-refractivity contribution < 1.29 is 4.92 Å². The Labute approximate surface area is 120 Å². The highest BCUT2D eigenvalue weighted by Crippen LogP contribution is 2.30. The Kier molecular flexibility index (Phi) is 5.12. The quantitative estimate of drug-likeness (QED) is 0.647. The normalized spacial score (nSPS) is 24.3. The van der Waals surface area contributed by atoms with E-state index in [0.29, 0.717) is 6.04 Å². The molecule has 3 unspecified atom stereocenters. The number of hydrogen-bond donors (Lipinski definition) is 1. The van der Waals surface area contributed by atoms with Gasteiger partial charge in [0.25, 0.3) is 5.69 Å². The predicted octanol–water partition coefficient (Wildman–Crippen LogP) is 4.21. The summed E-state index contributed by atoms with van der Waals surface area (Å²) in [6, 6.07) is 7.55. The third kappa shape index (κ3) is 3.57. The van der Waals surface area contributed by atoms with Crippen molar-refractivity contribution in [1.29, 1.82) is 0 Å². The second kappa shape index (κ2) is 6.84. The van der Waals surface area contributed by atoms with Crippen molar-refractivity contribution in [2.75, 3.05) is 0 Å². The fourth-order valence-corrected chi connectivity index (χ4v) is 3.28. The first-order chi connectivity index (χ1) is 9.61. The van der Waals surface area contributed by atoms with Crippen molar-refractivity contribution in [2.24, 2.45) is 5.92 Å². The molecule has 0 amide bonds. The molecule has 1 N–H and O–H groups in total. The Balaban J connectivity index is 2.04. The van der Waals surface area contributed by atoms with Gasteiger partial charge in [0.1, 0.15) is 0 Å². The molecule has 1 fully saturated rings. The molecule has 1 aliphatic carbocycles. The van der Waals surface area contributed by atoms with E-state index in [1.807, 2.05) is 19.1 Å². The monoisotopic (exact) mass is 276 g/mol. The molecule has 0 heterocycles. The zero-order valence-electron chi connectivity index (χ0n) is 12.3. The van der Waals surface area contributed by atoms with E-state index in [0.717, 1.165) is 11.5 Å². The fraction of sp³-hybridized carbons (Fsp3) is 0.625. The van der Waals surface area contributed by atoms with Gasteiger partial charge in [-0.25, -0.2) is 0 Å². The SMILES string of the molecule is CCC1CCCC(NC(C)c2ccccc2[N+](=O)[O-])C1. The summed E-state index contributed by atoms with van der Waals surface area (Å²) < 4.78 is 0. The van der Waals surface area contributed by atoms with Gasteiger partial charge in [-0.05, 0) is 25.7 Å². The Morgan fingerprint density at radius 3 is 2.85 bits per heavy atom. The molecular weight excluding hydrogens is 252 g/mol. The van der Waals surface area contributed by atoms with Crippen LogP contribution in [0.15, 0.2) is 24.3 Å². The molecule has 0 bridgehead atoms. The zero-order valence-corrected chi connectivity index (χ0v) is 12.3. The fourth-order valence-electron chi connectivity index (χ4n) is 3.28. The van der Waals surface area contributed by atoms with Crippen LogP contribution in [-0.2, 0) is 0 Å². The summed E-state index contributed by atoms with van der Waals surface area (Å²) >= 11 is 0. The third-order valence-corrected chi connectivity index (χ3v) is 4.45. The average molecular weight is 276 g/mol. The second-order valence-corrected chi connectivity index (χ2v) is 5.84. The van der Waals surface area contributed by atoms with E-state index in [-0.39, 0.29) is 16.7 Å². The molecule has 0 aliphatic heterocycles. The van der Waals surface area contributed by atoms with E-state index in [9.17, 15) is 10.1 Å². The standard InChI is InChI=1S/C16H24N2O2/c1-3-13-7-6-8-14(11-13)17-12(2)15-9-4-5-10-16(15)18(19)20/h4-5,9-10,12-14,17H,3,6-8,11H2,1-2H3. The Morgan fingerprint density at radius 1 is 1.40 bits per heavy atom. The van der Waals surface area contributed by atoms with Crippen molar-refractivity contribution in [3.63, 3.8) is 0 Å². The summed E-state index contributed by atoms with van der Waals surface area (Å²) in [5, 5.41) is 14.7. The van der Waals surface area contributed by atoms with Crippen LogP contribution in [0.1, 0.15) is 57.6 Å². The zero-order chi connectivity index (χ0) is 14.5. The first kappa shape index (κ1) is 15.0. The van der Waals surface area contributed by atoms with Crippen LogP contribution in [0, 0.1) is 16.0 Å². The molecule has 1 aromatic carbocycles. The highest BCUT2D eigenvalue weighted by Gasteiger charge is 2.24. The van der Waals surface area contributed by atoms with Gasteiger partial charge in [-0.15, -0.1) is 0 Å². The largest absolute Gasteiger partial charge is 0.307 e. The van der Waals surface area contributed by atoms with Crippen LogP contribution in [0.4, 0.5) is 5.69 Å². The van der Waals surface area contributed by atoms with Crippen LogP contribution in [0.5, 0.6) is 0 Å². The Morgan fingerprint density at radius 2 is 2.15 bits per heavy atom. The average Bonchev–Trinajstić information content (AvgIpc) is 2.47. The topological polar surface area (TPSA) is 55.2 Å². The molecule has 2 rings (SSSR count). The van der Waals surface area contributed by atoms with E-state index >= 15 is 0 Å². The van der Waals surface area contributed by atoms with Gasteiger partial charge in [0.05, 0.1) is 4.92 Å². The molecule has 1 saturated carbocycles. The molecule has 3 atom stereocenters. The van der Waals surface area contributed by atoms with Crippen LogP contribution in [0.3, 0.4) is 0 Å². The smallest absolute Gasteiger partial charge is 0.274 e. The lowest BCUT2D eigenvalue weighted by molar-refractivity contribution is -0.385. The van der Waals surface area contributed by atoms with Crippen LogP contribution >= 0.6 is 0 Å². The molecule has 0 aromatic heterocycles. The molecule has 4 heteroatoms. The minimum Gasteiger partial charge on any atom is -0.307 e. The lowest BCUT2D eigenvalue weighted by Crippen LogP contribution is -2.36. The summed E-state index contributed by atoms with van der Waals surface area (Å²) in [6.45, 7) is 4.27. The Bertz CT molecular complexity index is 462. The van der Waals surface area contributed by atoms with Crippen molar-refractivity contribution in [3.8, 4) is 0 Å².